The van der Waals surface area contributed by atoms with Gasteiger partial charge in [-0.25, -0.2) is 0 Å². The summed E-state index contributed by atoms with van der Waals surface area (Å²) in [5, 5.41) is -0.295. The Morgan fingerprint density at radius 1 is 1.35 bits per heavy atom. The van der Waals surface area contributed by atoms with Gasteiger partial charge in [-0.2, -0.15) is 13.2 Å². The van der Waals surface area contributed by atoms with Crippen molar-refractivity contribution in [3.63, 3.8) is 0 Å². The molecule has 0 saturated carbocycles. The highest BCUT2D eigenvalue weighted by atomic mass is 35.5. The van der Waals surface area contributed by atoms with E-state index in [1.54, 1.807) is 0 Å². The van der Waals surface area contributed by atoms with Crippen molar-refractivity contribution >= 4 is 24.0 Å². The maximum absolute atomic E-state index is 12.4. The molecule has 0 amide bonds. The van der Waals surface area contributed by atoms with Crippen molar-refractivity contribution in [1.29, 1.82) is 0 Å². The van der Waals surface area contributed by atoms with E-state index in [-0.39, 0.29) is 23.5 Å². The Bertz CT molecular complexity index is 366. The van der Waals surface area contributed by atoms with Crippen LogP contribution in [0.25, 0.3) is 0 Å². The summed E-state index contributed by atoms with van der Waals surface area (Å²) in [7, 11) is 0. The van der Waals surface area contributed by atoms with E-state index < -0.39 is 11.7 Å². The average molecular weight is 288 g/mol. The van der Waals surface area contributed by atoms with Crippen LogP contribution in [-0.4, -0.2) is 0 Å². The van der Waals surface area contributed by atoms with Crippen LogP contribution in [0.15, 0.2) is 18.2 Å². The predicted molar refractivity (Wildman–Crippen MR) is 65.5 cm³/mol. The lowest BCUT2D eigenvalue weighted by molar-refractivity contribution is -0.137. The van der Waals surface area contributed by atoms with Crippen molar-refractivity contribution in [3.05, 3.63) is 34.3 Å². The molecular weight excluding hydrogens is 274 g/mol. The zero-order chi connectivity index (χ0) is 12.3. The molecule has 0 spiro atoms. The first-order valence-corrected chi connectivity index (χ1v) is 5.36. The Hall–Kier alpha value is -0.450. The van der Waals surface area contributed by atoms with Crippen molar-refractivity contribution in [2.24, 2.45) is 5.73 Å². The third-order valence-electron chi connectivity index (χ3n) is 2.33. The van der Waals surface area contributed by atoms with E-state index in [2.05, 4.69) is 0 Å². The summed E-state index contributed by atoms with van der Waals surface area (Å²) in [5.41, 5.74) is 5.61. The lowest BCUT2D eigenvalue weighted by Gasteiger charge is -2.14. The lowest BCUT2D eigenvalue weighted by Crippen LogP contribution is -2.11. The fraction of sp³-hybridized carbons (Fsp3) is 0.455. The molecule has 0 radical (unpaired) electrons. The summed E-state index contributed by atoms with van der Waals surface area (Å²) in [5.74, 6) is 0. The zero-order valence-electron chi connectivity index (χ0n) is 9.22. The maximum Gasteiger partial charge on any atom is 0.417 e. The number of nitrogens with two attached hydrogens (primary N) is 1. The quantitative estimate of drug-likeness (QED) is 0.865. The topological polar surface area (TPSA) is 26.0 Å². The van der Waals surface area contributed by atoms with Gasteiger partial charge in [0.15, 0.2) is 0 Å². The molecule has 0 fully saturated rings. The Labute approximate surface area is 110 Å². The van der Waals surface area contributed by atoms with E-state index >= 15 is 0 Å². The zero-order valence-corrected chi connectivity index (χ0v) is 10.8. The molecule has 1 nitrogen and oxygen atoms in total. The molecule has 0 aliphatic rings. The molecule has 6 heteroatoms. The van der Waals surface area contributed by atoms with Gasteiger partial charge in [-0.3, -0.25) is 0 Å². The molecule has 1 aromatic rings. The molecule has 1 aromatic carbocycles. The summed E-state index contributed by atoms with van der Waals surface area (Å²) < 4.78 is 37.2. The minimum absolute atomic E-state index is 0. The summed E-state index contributed by atoms with van der Waals surface area (Å²) in [4.78, 5) is 0. The van der Waals surface area contributed by atoms with E-state index in [0.717, 1.165) is 18.9 Å². The van der Waals surface area contributed by atoms with Crippen LogP contribution in [0.1, 0.15) is 36.9 Å². The third-order valence-corrected chi connectivity index (χ3v) is 2.64. The third kappa shape index (κ3) is 4.37. The van der Waals surface area contributed by atoms with Gasteiger partial charge < -0.3 is 5.73 Å². The Morgan fingerprint density at radius 2 is 1.94 bits per heavy atom. The van der Waals surface area contributed by atoms with Crippen LogP contribution in [-0.2, 0) is 6.18 Å². The van der Waals surface area contributed by atoms with Crippen LogP contribution in [0.3, 0.4) is 0 Å². The predicted octanol–water partition coefficient (Wildman–Crippen LogP) is 4.58. The van der Waals surface area contributed by atoms with Crippen LogP contribution in [0.2, 0.25) is 5.02 Å². The molecule has 0 aromatic heterocycles. The van der Waals surface area contributed by atoms with Gasteiger partial charge in [-0.15, -0.1) is 12.4 Å². The number of alkyl halides is 3. The molecule has 2 N–H and O–H groups in total. The molecule has 1 atom stereocenters. The van der Waals surface area contributed by atoms with Crippen LogP contribution in [0.5, 0.6) is 0 Å². The smallest absolute Gasteiger partial charge is 0.324 e. The van der Waals surface area contributed by atoms with Crippen LogP contribution in [0.4, 0.5) is 13.2 Å². The number of hydrogen-bond acceptors (Lipinski definition) is 1. The molecule has 17 heavy (non-hydrogen) atoms. The van der Waals surface area contributed by atoms with Crippen LogP contribution >= 0.6 is 24.0 Å². The van der Waals surface area contributed by atoms with E-state index in [0.29, 0.717) is 5.56 Å². The summed E-state index contributed by atoms with van der Waals surface area (Å²) in [6, 6.07) is 3.40. The Morgan fingerprint density at radius 3 is 2.35 bits per heavy atom. The van der Waals surface area contributed by atoms with Gasteiger partial charge in [0.25, 0.3) is 0 Å². The monoisotopic (exact) mass is 287 g/mol. The first-order chi connectivity index (χ1) is 7.36. The second kappa shape index (κ2) is 6.47. The SMILES string of the molecule is CCC[C@H](N)c1ccc(C(F)(F)F)c(Cl)c1.Cl. The van der Waals surface area contributed by atoms with Gasteiger partial charge in [0.2, 0.25) is 0 Å². The van der Waals surface area contributed by atoms with Crippen molar-refractivity contribution in [2.45, 2.75) is 32.0 Å². The van der Waals surface area contributed by atoms with Gasteiger partial charge in [-0.05, 0) is 24.1 Å². The number of rotatable bonds is 3. The van der Waals surface area contributed by atoms with Crippen molar-refractivity contribution in [2.75, 3.05) is 0 Å². The average Bonchev–Trinajstić information content (AvgIpc) is 2.16. The van der Waals surface area contributed by atoms with Crippen LogP contribution < -0.4 is 5.73 Å². The van der Waals surface area contributed by atoms with Gasteiger partial charge >= 0.3 is 6.18 Å². The first kappa shape index (κ1) is 16.6. The van der Waals surface area contributed by atoms with Crippen molar-refractivity contribution in [3.8, 4) is 0 Å². The van der Waals surface area contributed by atoms with E-state index in [9.17, 15) is 13.2 Å². The number of halogens is 5. The summed E-state index contributed by atoms with van der Waals surface area (Å²) in [6.07, 6.45) is -2.81. The van der Waals surface area contributed by atoms with Crippen molar-refractivity contribution in [1.82, 2.24) is 0 Å². The van der Waals surface area contributed by atoms with E-state index in [1.807, 2.05) is 6.92 Å². The molecule has 0 saturated heterocycles. The van der Waals surface area contributed by atoms with Gasteiger partial charge in [-0.1, -0.05) is 31.0 Å². The molecule has 0 aliphatic heterocycles. The van der Waals surface area contributed by atoms with Crippen molar-refractivity contribution < 1.29 is 13.2 Å². The molecule has 0 unspecified atom stereocenters. The molecular formula is C11H14Cl2F3N. The fourth-order valence-corrected chi connectivity index (χ4v) is 1.77. The molecule has 0 heterocycles. The summed E-state index contributed by atoms with van der Waals surface area (Å²) in [6.45, 7) is 1.96. The minimum Gasteiger partial charge on any atom is -0.324 e. The summed E-state index contributed by atoms with van der Waals surface area (Å²) >= 11 is 5.58. The number of benzene rings is 1. The van der Waals surface area contributed by atoms with E-state index in [4.69, 9.17) is 17.3 Å². The number of hydrogen-bond donors (Lipinski definition) is 1. The van der Waals surface area contributed by atoms with E-state index in [1.165, 1.54) is 12.1 Å². The minimum atomic E-state index is -4.41. The Kier molecular flexibility index (Phi) is 6.30. The highest BCUT2D eigenvalue weighted by Crippen LogP contribution is 2.35. The van der Waals surface area contributed by atoms with Gasteiger partial charge in [0.05, 0.1) is 10.6 Å². The standard InChI is InChI=1S/C11H13ClF3N.ClH/c1-2-3-10(16)7-4-5-8(9(12)6-7)11(13,14)15;/h4-6,10H,2-3,16H2,1H3;1H/t10-;/m0./s1. The fourth-order valence-electron chi connectivity index (χ4n) is 1.47. The second-order valence-electron chi connectivity index (χ2n) is 3.63. The molecule has 0 bridgehead atoms. The molecule has 0 aliphatic carbocycles. The molecule has 98 valence electrons. The first-order valence-electron chi connectivity index (χ1n) is 4.98. The van der Waals surface area contributed by atoms with Gasteiger partial charge in [0.1, 0.15) is 0 Å². The normalized spacial score (nSPS) is 13.1. The second-order valence-corrected chi connectivity index (χ2v) is 4.04. The highest BCUT2D eigenvalue weighted by Gasteiger charge is 2.33. The lowest BCUT2D eigenvalue weighted by atomic mass is 10.0. The maximum atomic E-state index is 12.4. The molecule has 1 rings (SSSR count). The van der Waals surface area contributed by atoms with Crippen LogP contribution in [0, 0.1) is 0 Å². The largest absolute Gasteiger partial charge is 0.417 e. The highest BCUT2D eigenvalue weighted by molar-refractivity contribution is 6.31. The van der Waals surface area contributed by atoms with Gasteiger partial charge in [0, 0.05) is 6.04 Å². The Balaban J connectivity index is 0.00000256.